The molecule has 0 radical (unpaired) electrons. The zero-order chi connectivity index (χ0) is 24.6. The maximum absolute atomic E-state index is 12.1. The molecule has 31 heavy (non-hydrogen) atoms. The number of H-pyrrole nitrogens is 1. The molecule has 1 heterocycles. The molecule has 0 saturated heterocycles. The average Bonchev–Trinajstić information content (AvgIpc) is 3.22. The molecule has 0 aromatic carbocycles. The molecule has 0 bridgehead atoms. The number of nitrogens with one attached hydrogen (secondary N) is 1. The van der Waals surface area contributed by atoms with Crippen LogP contribution in [0.25, 0.3) is 5.57 Å². The van der Waals surface area contributed by atoms with Crippen molar-refractivity contribution in [2.45, 2.75) is 99.8 Å². The Bertz CT molecular complexity index is 645. The quantitative estimate of drug-likeness (QED) is 0.346. The van der Waals surface area contributed by atoms with Crippen molar-refractivity contribution in [1.82, 2.24) is 14.9 Å². The molecule has 0 aliphatic carbocycles. The lowest BCUT2D eigenvalue weighted by Crippen LogP contribution is -2.41. The largest absolute Gasteiger partial charge is 0.444 e. The maximum atomic E-state index is 12.1. The molecule has 6 heteroatoms. The normalized spacial score (nSPS) is 13.1. The van der Waals surface area contributed by atoms with E-state index in [0.29, 0.717) is 6.61 Å². The average molecular weight is 438 g/mol. The molecule has 180 valence electrons. The maximum Gasteiger partial charge on any atom is 0.412 e. The van der Waals surface area contributed by atoms with Gasteiger partial charge in [-0.15, -0.1) is 6.58 Å². The van der Waals surface area contributed by atoms with Gasteiger partial charge >= 0.3 is 6.09 Å². The summed E-state index contributed by atoms with van der Waals surface area (Å²) in [7, 11) is 1.67. The fourth-order valence-corrected chi connectivity index (χ4v) is 2.16. The number of aromatic amines is 1. The third-order valence-electron chi connectivity index (χ3n) is 4.10. The Hall–Kier alpha value is -2.08. The van der Waals surface area contributed by atoms with E-state index in [0.717, 1.165) is 24.4 Å². The van der Waals surface area contributed by atoms with Gasteiger partial charge in [0.15, 0.2) is 0 Å². The van der Waals surface area contributed by atoms with Crippen LogP contribution in [0, 0.1) is 0 Å². The second-order valence-corrected chi connectivity index (χ2v) is 8.10. The monoisotopic (exact) mass is 437 g/mol. The van der Waals surface area contributed by atoms with Crippen molar-refractivity contribution >= 4 is 11.7 Å². The smallest absolute Gasteiger partial charge is 0.412 e. The van der Waals surface area contributed by atoms with Crippen LogP contribution in [-0.4, -0.2) is 46.4 Å². The summed E-state index contributed by atoms with van der Waals surface area (Å²) in [6.07, 6.45) is 7.19. The van der Waals surface area contributed by atoms with E-state index in [-0.39, 0.29) is 12.1 Å². The van der Waals surface area contributed by atoms with Crippen molar-refractivity contribution in [3.63, 3.8) is 0 Å². The molecular formula is C25H47N3O3. The first-order valence-corrected chi connectivity index (χ1v) is 11.4. The van der Waals surface area contributed by atoms with Crippen molar-refractivity contribution < 1.29 is 14.3 Å². The van der Waals surface area contributed by atoms with Crippen molar-refractivity contribution in [3.8, 4) is 0 Å². The van der Waals surface area contributed by atoms with E-state index < -0.39 is 11.7 Å². The van der Waals surface area contributed by atoms with Crippen molar-refractivity contribution in [3.05, 3.63) is 36.4 Å². The van der Waals surface area contributed by atoms with E-state index in [1.807, 2.05) is 60.7 Å². The van der Waals surface area contributed by atoms with Crippen LogP contribution in [0.5, 0.6) is 0 Å². The van der Waals surface area contributed by atoms with Crippen LogP contribution in [0.2, 0.25) is 0 Å². The summed E-state index contributed by atoms with van der Waals surface area (Å²) in [4.78, 5) is 21.3. The van der Waals surface area contributed by atoms with Gasteiger partial charge in [0.1, 0.15) is 17.7 Å². The van der Waals surface area contributed by atoms with Gasteiger partial charge in [-0.25, -0.2) is 9.78 Å². The van der Waals surface area contributed by atoms with Crippen LogP contribution in [-0.2, 0) is 9.47 Å². The Balaban J connectivity index is 0. The van der Waals surface area contributed by atoms with Crippen LogP contribution in [0.15, 0.2) is 24.9 Å². The van der Waals surface area contributed by atoms with E-state index in [4.69, 9.17) is 9.47 Å². The first-order chi connectivity index (χ1) is 14.5. The van der Waals surface area contributed by atoms with Gasteiger partial charge in [-0.05, 0) is 53.0 Å². The third-order valence-corrected chi connectivity index (χ3v) is 4.10. The molecule has 0 saturated carbocycles. The van der Waals surface area contributed by atoms with E-state index in [1.165, 1.54) is 10.5 Å². The van der Waals surface area contributed by atoms with Gasteiger partial charge in [-0.3, -0.25) is 4.90 Å². The van der Waals surface area contributed by atoms with Crippen LogP contribution in [0.1, 0.15) is 99.5 Å². The lowest BCUT2D eigenvalue weighted by molar-refractivity contribution is -0.0519. The number of allylic oxidation sites excluding steroid dienone is 3. The standard InChI is InChI=1S/C19H33N3O3.C4H8.C2H6/c1-9-10-13(2)16-11-20-17(21-16)14(3)12-24-15(4)22(8)18(23)25-19(5,6)7;1-3-4-2;1-2/h10-11,14-15H,9,12H2,1-8H3,(H,20,21);3H,1,4H2,2H3;1-2H3/b13-10+;;. The van der Waals surface area contributed by atoms with Crippen LogP contribution in [0.4, 0.5) is 4.79 Å². The van der Waals surface area contributed by atoms with Crippen LogP contribution >= 0.6 is 0 Å². The second-order valence-electron chi connectivity index (χ2n) is 8.10. The Morgan fingerprint density at radius 1 is 1.26 bits per heavy atom. The summed E-state index contributed by atoms with van der Waals surface area (Å²) < 4.78 is 11.2. The number of carbonyl (C=O) groups excluding carboxylic acids is 1. The lowest BCUT2D eigenvalue weighted by Gasteiger charge is -2.29. The highest BCUT2D eigenvalue weighted by atomic mass is 16.6. The fourth-order valence-electron chi connectivity index (χ4n) is 2.16. The van der Waals surface area contributed by atoms with Crippen molar-refractivity contribution in [1.29, 1.82) is 0 Å². The summed E-state index contributed by atoms with van der Waals surface area (Å²) in [5.74, 6) is 0.976. The Kier molecular flexibility index (Phi) is 16.7. The zero-order valence-corrected chi connectivity index (χ0v) is 21.8. The molecule has 0 aliphatic rings. The van der Waals surface area contributed by atoms with Gasteiger partial charge in [0.2, 0.25) is 0 Å². The lowest BCUT2D eigenvalue weighted by atomic mass is 10.2. The molecule has 2 unspecified atom stereocenters. The second kappa shape index (κ2) is 16.6. The van der Waals surface area contributed by atoms with Gasteiger partial charge in [0, 0.05) is 13.0 Å². The molecule has 1 aromatic heterocycles. The van der Waals surface area contributed by atoms with Crippen molar-refractivity contribution in [2.24, 2.45) is 0 Å². The number of amides is 1. The van der Waals surface area contributed by atoms with Gasteiger partial charge < -0.3 is 14.5 Å². The minimum Gasteiger partial charge on any atom is -0.444 e. The van der Waals surface area contributed by atoms with E-state index in [2.05, 4.69) is 43.4 Å². The highest BCUT2D eigenvalue weighted by molar-refractivity contribution is 5.67. The molecule has 6 nitrogen and oxygen atoms in total. The molecule has 0 spiro atoms. The zero-order valence-electron chi connectivity index (χ0n) is 21.8. The Morgan fingerprint density at radius 3 is 2.26 bits per heavy atom. The Morgan fingerprint density at radius 2 is 1.81 bits per heavy atom. The van der Waals surface area contributed by atoms with Gasteiger partial charge in [0.25, 0.3) is 0 Å². The molecule has 0 fully saturated rings. The Labute approximate surface area is 191 Å². The number of hydrogen-bond donors (Lipinski definition) is 1. The highest BCUT2D eigenvalue weighted by Crippen LogP contribution is 2.18. The highest BCUT2D eigenvalue weighted by Gasteiger charge is 2.24. The number of ether oxygens (including phenoxy) is 2. The SMILES string of the molecule is C=CCC.CC.CC/C=C(\C)c1cnc(C(C)COC(C)N(C)C(=O)OC(C)(C)C)[nH]1. The summed E-state index contributed by atoms with van der Waals surface area (Å²) in [5, 5.41) is 0. The molecule has 2 atom stereocenters. The topological polar surface area (TPSA) is 67.4 Å². The van der Waals surface area contributed by atoms with Crippen molar-refractivity contribution in [2.75, 3.05) is 13.7 Å². The van der Waals surface area contributed by atoms with Crippen LogP contribution in [0.3, 0.4) is 0 Å². The predicted octanol–water partition coefficient (Wildman–Crippen LogP) is 7.16. The fraction of sp³-hybridized carbons (Fsp3) is 0.680. The molecular weight excluding hydrogens is 390 g/mol. The first kappa shape index (κ1) is 31.1. The number of imidazole rings is 1. The molecule has 1 amide bonds. The molecule has 0 aliphatic heterocycles. The molecule has 1 N–H and O–H groups in total. The minimum atomic E-state index is -0.521. The number of nitrogens with zero attached hydrogens (tertiary/aromatic N) is 2. The summed E-state index contributed by atoms with van der Waals surface area (Å²) in [6, 6.07) is 0. The summed E-state index contributed by atoms with van der Waals surface area (Å²) in [6.45, 7) is 23.6. The summed E-state index contributed by atoms with van der Waals surface area (Å²) >= 11 is 0. The number of carbonyl (C=O) groups is 1. The number of rotatable bonds is 8. The van der Waals surface area contributed by atoms with Gasteiger partial charge in [-0.2, -0.15) is 0 Å². The molecule has 1 aromatic rings. The summed E-state index contributed by atoms with van der Waals surface area (Å²) in [5.41, 5.74) is 1.70. The minimum absolute atomic E-state index is 0.0951. The number of aromatic nitrogens is 2. The first-order valence-electron chi connectivity index (χ1n) is 11.4. The predicted molar refractivity (Wildman–Crippen MR) is 132 cm³/mol. The van der Waals surface area contributed by atoms with E-state index >= 15 is 0 Å². The van der Waals surface area contributed by atoms with Gasteiger partial charge in [-0.1, -0.05) is 46.8 Å². The number of hydrogen-bond acceptors (Lipinski definition) is 4. The van der Waals surface area contributed by atoms with Gasteiger partial charge in [0.05, 0.1) is 18.5 Å². The third kappa shape index (κ3) is 13.8. The van der Waals surface area contributed by atoms with Crippen LogP contribution < -0.4 is 0 Å². The van der Waals surface area contributed by atoms with E-state index in [9.17, 15) is 4.79 Å². The molecule has 1 rings (SSSR count). The van der Waals surface area contributed by atoms with E-state index in [1.54, 1.807) is 7.05 Å².